The molecule has 0 aromatic carbocycles. The fourth-order valence-electron chi connectivity index (χ4n) is 0.939. The first-order valence-corrected chi connectivity index (χ1v) is 4.78. The summed E-state index contributed by atoms with van der Waals surface area (Å²) in [4.78, 5) is 20.9. The van der Waals surface area contributed by atoms with Gasteiger partial charge in [-0.3, -0.25) is 0 Å². The van der Waals surface area contributed by atoms with Crippen LogP contribution in [0.15, 0.2) is 12.2 Å². The summed E-state index contributed by atoms with van der Waals surface area (Å²) >= 11 is 0. The van der Waals surface area contributed by atoms with Gasteiger partial charge < -0.3 is 20.9 Å². The quantitative estimate of drug-likeness (QED) is 0.706. The van der Waals surface area contributed by atoms with Gasteiger partial charge in [0.2, 0.25) is 0 Å². The van der Waals surface area contributed by atoms with E-state index in [1.807, 2.05) is 20.8 Å². The predicted molar refractivity (Wildman–Crippen MR) is 58.6 cm³/mol. The van der Waals surface area contributed by atoms with E-state index in [0.29, 0.717) is 0 Å². The molecule has 6 nitrogen and oxygen atoms in total. The standard InChI is InChI=1S/C10H18N2O4/c1-10(2,3)7(16-9(12)14)5-4-6-15-8(11)13/h4-5,7H,6H2,1-3H3,(H2,11,13)(H2,12,14)/b5-4+/t7-/m1/s1. The third kappa shape index (κ3) is 6.69. The highest BCUT2D eigenvalue weighted by Crippen LogP contribution is 2.23. The molecule has 16 heavy (non-hydrogen) atoms. The second-order valence-corrected chi connectivity index (χ2v) is 4.28. The van der Waals surface area contributed by atoms with Gasteiger partial charge in [0.15, 0.2) is 0 Å². The molecule has 0 saturated heterocycles. The Balaban J connectivity index is 4.32. The van der Waals surface area contributed by atoms with Crippen molar-refractivity contribution < 1.29 is 19.1 Å². The SMILES string of the molecule is CC(C)(C)[C@@H](/C=C/COC(N)=O)OC(N)=O. The van der Waals surface area contributed by atoms with Gasteiger partial charge in [-0.15, -0.1) is 0 Å². The lowest BCUT2D eigenvalue weighted by atomic mass is 9.89. The van der Waals surface area contributed by atoms with Crippen molar-refractivity contribution in [2.24, 2.45) is 16.9 Å². The topological polar surface area (TPSA) is 105 Å². The summed E-state index contributed by atoms with van der Waals surface area (Å²) in [7, 11) is 0. The van der Waals surface area contributed by atoms with Gasteiger partial charge >= 0.3 is 12.2 Å². The Hall–Kier alpha value is -1.72. The number of hydrogen-bond donors (Lipinski definition) is 2. The lowest BCUT2D eigenvalue weighted by molar-refractivity contribution is 0.0676. The van der Waals surface area contributed by atoms with Gasteiger partial charge in [-0.2, -0.15) is 0 Å². The van der Waals surface area contributed by atoms with E-state index < -0.39 is 18.3 Å². The van der Waals surface area contributed by atoms with E-state index in [0.717, 1.165) is 0 Å². The summed E-state index contributed by atoms with van der Waals surface area (Å²) in [6.45, 7) is 5.70. The first-order chi connectivity index (χ1) is 7.23. The molecule has 0 radical (unpaired) electrons. The second-order valence-electron chi connectivity index (χ2n) is 4.28. The van der Waals surface area contributed by atoms with Gasteiger partial charge in [0, 0.05) is 5.41 Å². The second kappa shape index (κ2) is 5.99. The number of primary amides is 2. The highest BCUT2D eigenvalue weighted by molar-refractivity contribution is 5.65. The average Bonchev–Trinajstić information content (AvgIpc) is 2.07. The van der Waals surface area contributed by atoms with E-state index in [4.69, 9.17) is 16.2 Å². The monoisotopic (exact) mass is 230 g/mol. The van der Waals surface area contributed by atoms with Gasteiger partial charge in [-0.05, 0) is 12.2 Å². The molecule has 0 aliphatic heterocycles. The van der Waals surface area contributed by atoms with E-state index in [9.17, 15) is 9.59 Å². The van der Waals surface area contributed by atoms with Crippen molar-refractivity contribution in [1.82, 2.24) is 0 Å². The molecule has 0 fully saturated rings. The number of carbonyl (C=O) groups excluding carboxylic acids is 2. The Kier molecular flexibility index (Phi) is 5.35. The van der Waals surface area contributed by atoms with Crippen molar-refractivity contribution in [1.29, 1.82) is 0 Å². The molecule has 0 aromatic heterocycles. The molecular formula is C10H18N2O4. The van der Waals surface area contributed by atoms with Crippen LogP contribution in [0.4, 0.5) is 9.59 Å². The summed E-state index contributed by atoms with van der Waals surface area (Å²) in [5.74, 6) is 0. The number of amides is 2. The van der Waals surface area contributed by atoms with Gasteiger partial charge in [0.05, 0.1) is 0 Å². The minimum absolute atomic E-state index is 0.0318. The minimum Gasteiger partial charge on any atom is -0.445 e. The molecule has 0 aliphatic rings. The van der Waals surface area contributed by atoms with Gasteiger partial charge in [-0.1, -0.05) is 20.8 Å². The van der Waals surface area contributed by atoms with E-state index in [-0.39, 0.29) is 12.0 Å². The molecule has 0 spiro atoms. The van der Waals surface area contributed by atoms with E-state index in [1.54, 1.807) is 12.2 Å². The number of hydrogen-bond acceptors (Lipinski definition) is 4. The Morgan fingerprint density at radius 2 is 1.81 bits per heavy atom. The molecule has 6 heteroatoms. The zero-order chi connectivity index (χ0) is 12.8. The van der Waals surface area contributed by atoms with Crippen LogP contribution in [0.2, 0.25) is 0 Å². The smallest absolute Gasteiger partial charge is 0.405 e. The highest BCUT2D eigenvalue weighted by atomic mass is 16.6. The lowest BCUT2D eigenvalue weighted by Gasteiger charge is -2.26. The first-order valence-electron chi connectivity index (χ1n) is 4.78. The molecule has 0 aromatic rings. The zero-order valence-electron chi connectivity index (χ0n) is 9.73. The summed E-state index contributed by atoms with van der Waals surface area (Å²) < 4.78 is 9.39. The molecule has 4 N–H and O–H groups in total. The third-order valence-electron chi connectivity index (χ3n) is 1.73. The largest absolute Gasteiger partial charge is 0.445 e. The third-order valence-corrected chi connectivity index (χ3v) is 1.73. The van der Waals surface area contributed by atoms with Crippen molar-refractivity contribution >= 4 is 12.2 Å². The van der Waals surface area contributed by atoms with Gasteiger partial charge in [0.1, 0.15) is 12.7 Å². The number of nitrogens with two attached hydrogens (primary N) is 2. The molecule has 0 saturated carbocycles. The zero-order valence-corrected chi connectivity index (χ0v) is 9.73. The van der Waals surface area contributed by atoms with E-state index in [1.165, 1.54) is 0 Å². The number of rotatable bonds is 4. The summed E-state index contributed by atoms with van der Waals surface area (Å²) in [5.41, 5.74) is 9.42. The van der Waals surface area contributed by atoms with Crippen LogP contribution >= 0.6 is 0 Å². The average molecular weight is 230 g/mol. The van der Waals surface area contributed by atoms with Crippen LogP contribution in [0.3, 0.4) is 0 Å². The van der Waals surface area contributed by atoms with E-state index in [2.05, 4.69) is 4.74 Å². The van der Waals surface area contributed by atoms with Crippen molar-refractivity contribution in [3.8, 4) is 0 Å². The van der Waals surface area contributed by atoms with Crippen LogP contribution in [0.1, 0.15) is 20.8 Å². The van der Waals surface area contributed by atoms with Gasteiger partial charge in [-0.25, -0.2) is 9.59 Å². The molecule has 2 amide bonds. The fraction of sp³-hybridized carbons (Fsp3) is 0.600. The van der Waals surface area contributed by atoms with Gasteiger partial charge in [0.25, 0.3) is 0 Å². The maximum Gasteiger partial charge on any atom is 0.405 e. The Morgan fingerprint density at radius 1 is 1.25 bits per heavy atom. The van der Waals surface area contributed by atoms with Crippen molar-refractivity contribution in [3.05, 3.63) is 12.2 Å². The molecule has 0 bridgehead atoms. The van der Waals surface area contributed by atoms with Crippen LogP contribution in [0.25, 0.3) is 0 Å². The maximum absolute atomic E-state index is 10.7. The Morgan fingerprint density at radius 3 is 2.19 bits per heavy atom. The number of carbonyl (C=O) groups is 2. The van der Waals surface area contributed by atoms with Crippen LogP contribution in [-0.4, -0.2) is 24.9 Å². The summed E-state index contributed by atoms with van der Waals surface area (Å²) in [6, 6.07) is 0. The molecule has 0 rings (SSSR count). The summed E-state index contributed by atoms with van der Waals surface area (Å²) in [5, 5.41) is 0. The highest BCUT2D eigenvalue weighted by Gasteiger charge is 2.25. The van der Waals surface area contributed by atoms with Crippen molar-refractivity contribution in [3.63, 3.8) is 0 Å². The first kappa shape index (κ1) is 14.3. The van der Waals surface area contributed by atoms with Crippen LogP contribution in [-0.2, 0) is 9.47 Å². The molecule has 92 valence electrons. The summed E-state index contributed by atoms with van der Waals surface area (Å²) in [6.07, 6.45) is 0.965. The fourth-order valence-corrected chi connectivity index (χ4v) is 0.939. The minimum atomic E-state index is -0.854. The lowest BCUT2D eigenvalue weighted by Crippen LogP contribution is -2.32. The van der Waals surface area contributed by atoms with Crippen LogP contribution in [0, 0.1) is 5.41 Å². The number of ether oxygens (including phenoxy) is 2. The van der Waals surface area contributed by atoms with Crippen LogP contribution < -0.4 is 11.5 Å². The molecule has 0 heterocycles. The van der Waals surface area contributed by atoms with E-state index >= 15 is 0 Å². The van der Waals surface area contributed by atoms with Crippen molar-refractivity contribution in [2.45, 2.75) is 26.9 Å². The van der Waals surface area contributed by atoms with Crippen LogP contribution in [0.5, 0.6) is 0 Å². The molecule has 0 unspecified atom stereocenters. The molecular weight excluding hydrogens is 212 g/mol. The predicted octanol–water partition coefficient (Wildman–Crippen LogP) is 1.15. The molecule has 0 aliphatic carbocycles. The van der Waals surface area contributed by atoms with Crippen molar-refractivity contribution in [2.75, 3.05) is 6.61 Å². The maximum atomic E-state index is 10.7. The molecule has 1 atom stereocenters. The normalized spacial score (nSPS) is 13.4. The Bertz CT molecular complexity index is 281. The Labute approximate surface area is 94.6 Å².